The fraction of sp³-hybridized carbons (Fsp3) is 0.409. The monoisotopic (exact) mass is 441 g/mol. The quantitative estimate of drug-likeness (QED) is 0.775. The molecule has 2 fully saturated rings. The number of amides is 2. The van der Waals surface area contributed by atoms with E-state index < -0.39 is 0 Å². The summed E-state index contributed by atoms with van der Waals surface area (Å²) < 4.78 is 1.04. The highest BCUT2D eigenvalue weighted by atomic mass is 79.9. The number of carbonyl (C=O) groups is 2. The van der Waals surface area contributed by atoms with Crippen LogP contribution in [0.3, 0.4) is 0 Å². The van der Waals surface area contributed by atoms with E-state index >= 15 is 0 Å². The number of likely N-dealkylation sites (tertiary alicyclic amines) is 1. The number of aryl methyl sites for hydroxylation is 1. The van der Waals surface area contributed by atoms with E-state index in [0.29, 0.717) is 18.3 Å². The predicted molar refractivity (Wildman–Crippen MR) is 112 cm³/mol. The van der Waals surface area contributed by atoms with Gasteiger partial charge in [0, 0.05) is 29.7 Å². The van der Waals surface area contributed by atoms with Crippen LogP contribution in [-0.4, -0.2) is 34.8 Å². The molecule has 2 aliphatic rings. The number of nitrogens with one attached hydrogen (secondary N) is 1. The number of anilines is 1. The van der Waals surface area contributed by atoms with Gasteiger partial charge in [-0.2, -0.15) is 0 Å². The van der Waals surface area contributed by atoms with Crippen molar-refractivity contribution < 1.29 is 9.59 Å². The van der Waals surface area contributed by atoms with Gasteiger partial charge in [-0.25, -0.2) is 4.98 Å². The molecule has 146 valence electrons. The molecule has 1 aromatic carbocycles. The summed E-state index contributed by atoms with van der Waals surface area (Å²) in [5.41, 5.74) is 2.27. The molecule has 6 heteroatoms. The molecule has 1 aliphatic carbocycles. The number of aromatic nitrogens is 1. The largest absolute Gasteiger partial charge is 0.342 e. The molecular weight excluding hydrogens is 418 g/mol. The van der Waals surface area contributed by atoms with Crippen LogP contribution in [0.5, 0.6) is 0 Å². The molecule has 0 spiro atoms. The van der Waals surface area contributed by atoms with Gasteiger partial charge in [0.2, 0.25) is 11.8 Å². The Morgan fingerprint density at radius 2 is 2.11 bits per heavy atom. The molecule has 1 N–H and O–H groups in total. The van der Waals surface area contributed by atoms with Gasteiger partial charge in [0.15, 0.2) is 0 Å². The Balaban J connectivity index is 1.35. The van der Waals surface area contributed by atoms with Crippen molar-refractivity contribution >= 4 is 33.6 Å². The minimum atomic E-state index is -0.177. The van der Waals surface area contributed by atoms with Crippen LogP contribution in [-0.2, 0) is 9.59 Å². The van der Waals surface area contributed by atoms with Crippen molar-refractivity contribution in [3.05, 3.63) is 58.2 Å². The second kappa shape index (κ2) is 8.03. The van der Waals surface area contributed by atoms with Crippen LogP contribution in [0.1, 0.15) is 36.3 Å². The normalized spacial score (nSPS) is 23.9. The number of pyridine rings is 1. The maximum Gasteiger partial charge on any atom is 0.230 e. The van der Waals surface area contributed by atoms with Crippen LogP contribution in [0.15, 0.2) is 47.1 Å². The van der Waals surface area contributed by atoms with Gasteiger partial charge < -0.3 is 10.2 Å². The summed E-state index contributed by atoms with van der Waals surface area (Å²) in [6, 6.07) is 11.9. The fourth-order valence-corrected chi connectivity index (χ4v) is 4.39. The van der Waals surface area contributed by atoms with Crippen LogP contribution in [0.25, 0.3) is 0 Å². The van der Waals surface area contributed by atoms with Gasteiger partial charge in [-0.1, -0.05) is 34.1 Å². The number of nitrogens with zero attached hydrogens (tertiary/aromatic N) is 2. The molecular formula is C22H24BrN3O2. The van der Waals surface area contributed by atoms with E-state index in [-0.39, 0.29) is 23.7 Å². The summed E-state index contributed by atoms with van der Waals surface area (Å²) in [6.45, 7) is 3.20. The first-order chi connectivity index (χ1) is 13.5. The molecule has 1 saturated heterocycles. The van der Waals surface area contributed by atoms with Crippen molar-refractivity contribution in [2.24, 2.45) is 11.8 Å². The summed E-state index contributed by atoms with van der Waals surface area (Å²) in [5.74, 6) is 0.884. The SMILES string of the molecule is Cc1ccc(NC(=O)C2CCCN(C(=O)C3CC3c3cccc(Br)c3)C2)nc1. The number of benzene rings is 1. The van der Waals surface area contributed by atoms with E-state index in [1.165, 1.54) is 5.56 Å². The molecule has 2 heterocycles. The lowest BCUT2D eigenvalue weighted by Crippen LogP contribution is -2.44. The van der Waals surface area contributed by atoms with E-state index in [4.69, 9.17) is 0 Å². The third kappa shape index (κ3) is 4.27. The van der Waals surface area contributed by atoms with Crippen molar-refractivity contribution in [1.82, 2.24) is 9.88 Å². The summed E-state index contributed by atoms with van der Waals surface area (Å²) in [4.78, 5) is 31.7. The van der Waals surface area contributed by atoms with E-state index in [1.54, 1.807) is 6.20 Å². The zero-order valence-corrected chi connectivity index (χ0v) is 17.5. The third-order valence-electron chi connectivity index (χ3n) is 5.65. The molecule has 0 radical (unpaired) electrons. The average molecular weight is 442 g/mol. The number of hydrogen-bond acceptors (Lipinski definition) is 3. The zero-order valence-electron chi connectivity index (χ0n) is 15.9. The molecule has 1 saturated carbocycles. The summed E-state index contributed by atoms with van der Waals surface area (Å²) >= 11 is 3.50. The van der Waals surface area contributed by atoms with Gasteiger partial charge in [0.1, 0.15) is 5.82 Å². The smallest absolute Gasteiger partial charge is 0.230 e. The number of carbonyl (C=O) groups excluding carboxylic acids is 2. The Morgan fingerprint density at radius 1 is 1.25 bits per heavy atom. The lowest BCUT2D eigenvalue weighted by molar-refractivity contribution is -0.135. The first kappa shape index (κ1) is 19.1. The summed E-state index contributed by atoms with van der Waals surface area (Å²) in [5, 5.41) is 2.89. The van der Waals surface area contributed by atoms with Crippen molar-refractivity contribution in [1.29, 1.82) is 0 Å². The van der Waals surface area contributed by atoms with Crippen molar-refractivity contribution in [2.75, 3.05) is 18.4 Å². The summed E-state index contributed by atoms with van der Waals surface area (Å²) in [6.07, 6.45) is 4.30. The second-order valence-electron chi connectivity index (χ2n) is 7.84. The van der Waals surface area contributed by atoms with Gasteiger partial charge in [0.25, 0.3) is 0 Å². The first-order valence-electron chi connectivity index (χ1n) is 9.79. The van der Waals surface area contributed by atoms with Gasteiger partial charge in [0.05, 0.1) is 5.92 Å². The topological polar surface area (TPSA) is 62.3 Å². The molecule has 2 amide bonds. The molecule has 28 heavy (non-hydrogen) atoms. The standard InChI is InChI=1S/C22H24BrN3O2/c1-14-7-8-20(24-12-14)25-21(27)16-5-3-9-26(13-16)22(28)19-11-18(19)15-4-2-6-17(23)10-15/h2,4,6-8,10,12,16,18-19H,3,5,9,11,13H2,1H3,(H,24,25,27). The molecule has 4 rings (SSSR count). The van der Waals surface area contributed by atoms with Crippen LogP contribution in [0.2, 0.25) is 0 Å². The molecule has 1 aromatic heterocycles. The van der Waals surface area contributed by atoms with Crippen molar-refractivity contribution in [2.45, 2.75) is 32.1 Å². The molecule has 2 aromatic rings. The predicted octanol–water partition coefficient (Wildman–Crippen LogP) is 4.13. The van der Waals surface area contributed by atoms with Crippen LogP contribution < -0.4 is 5.32 Å². The van der Waals surface area contributed by atoms with Gasteiger partial charge >= 0.3 is 0 Å². The summed E-state index contributed by atoms with van der Waals surface area (Å²) in [7, 11) is 0. The van der Waals surface area contributed by atoms with E-state index in [0.717, 1.165) is 35.8 Å². The van der Waals surface area contributed by atoms with Crippen LogP contribution in [0, 0.1) is 18.8 Å². The molecule has 5 nitrogen and oxygen atoms in total. The minimum absolute atomic E-state index is 0.0480. The lowest BCUT2D eigenvalue weighted by Gasteiger charge is -2.32. The highest BCUT2D eigenvalue weighted by molar-refractivity contribution is 9.10. The van der Waals surface area contributed by atoms with Gasteiger partial charge in [-0.05, 0) is 61.4 Å². The maximum absolute atomic E-state index is 13.0. The maximum atomic E-state index is 13.0. The minimum Gasteiger partial charge on any atom is -0.342 e. The third-order valence-corrected chi connectivity index (χ3v) is 6.14. The number of rotatable bonds is 4. The molecule has 3 atom stereocenters. The van der Waals surface area contributed by atoms with E-state index in [9.17, 15) is 9.59 Å². The Hall–Kier alpha value is -2.21. The zero-order chi connectivity index (χ0) is 19.7. The van der Waals surface area contributed by atoms with Crippen molar-refractivity contribution in [3.8, 4) is 0 Å². The lowest BCUT2D eigenvalue weighted by atomic mass is 9.96. The van der Waals surface area contributed by atoms with Crippen LogP contribution >= 0.6 is 15.9 Å². The first-order valence-corrected chi connectivity index (χ1v) is 10.6. The number of piperidine rings is 1. The molecule has 1 aliphatic heterocycles. The Labute approximate surface area is 173 Å². The van der Waals surface area contributed by atoms with E-state index in [2.05, 4.69) is 38.4 Å². The molecule has 3 unspecified atom stereocenters. The number of halogens is 1. The Morgan fingerprint density at radius 3 is 2.86 bits per heavy atom. The van der Waals surface area contributed by atoms with Gasteiger partial charge in [-0.15, -0.1) is 0 Å². The second-order valence-corrected chi connectivity index (χ2v) is 8.75. The van der Waals surface area contributed by atoms with Crippen LogP contribution in [0.4, 0.5) is 5.82 Å². The molecule has 0 bridgehead atoms. The highest BCUT2D eigenvalue weighted by Crippen LogP contribution is 2.49. The number of hydrogen-bond donors (Lipinski definition) is 1. The van der Waals surface area contributed by atoms with Crippen molar-refractivity contribution in [3.63, 3.8) is 0 Å². The fourth-order valence-electron chi connectivity index (χ4n) is 3.97. The van der Waals surface area contributed by atoms with Gasteiger partial charge in [-0.3, -0.25) is 9.59 Å². The Kier molecular flexibility index (Phi) is 5.49. The highest BCUT2D eigenvalue weighted by Gasteiger charge is 2.46. The van der Waals surface area contributed by atoms with E-state index in [1.807, 2.05) is 36.1 Å². The average Bonchev–Trinajstić information content (AvgIpc) is 3.50. The Bertz CT molecular complexity index is 884.